The third kappa shape index (κ3) is 1.70. The Morgan fingerprint density at radius 3 is 2.90 bits per heavy atom. The van der Waals surface area contributed by atoms with E-state index in [1.165, 1.54) is 24.1 Å². The number of carboxylic acids is 1. The van der Waals surface area contributed by atoms with Crippen molar-refractivity contribution in [1.29, 1.82) is 0 Å². The molecular weight excluding hydrogens is 269 g/mol. The van der Waals surface area contributed by atoms with E-state index in [1.807, 2.05) is 0 Å². The molecule has 2 aromatic heterocycles. The number of rotatable bonds is 2. The van der Waals surface area contributed by atoms with Crippen molar-refractivity contribution in [2.24, 2.45) is 5.92 Å². The summed E-state index contributed by atoms with van der Waals surface area (Å²) in [5.74, 6) is -1.79. The number of ether oxygens (including phenoxy) is 1. The summed E-state index contributed by atoms with van der Waals surface area (Å²) in [6, 6.07) is 0. The van der Waals surface area contributed by atoms with E-state index in [1.54, 1.807) is 0 Å². The van der Waals surface area contributed by atoms with Gasteiger partial charge in [0.05, 0.1) is 6.33 Å². The van der Waals surface area contributed by atoms with Gasteiger partial charge in [-0.25, -0.2) is 24.1 Å². The number of nitrogen functional groups attached to an aromatic ring is 1. The van der Waals surface area contributed by atoms with Gasteiger partial charge in [-0.3, -0.25) is 4.57 Å². The first-order chi connectivity index (χ1) is 9.50. The quantitative estimate of drug-likeness (QED) is 0.816. The molecular formula is C11H12FN5O3. The first kappa shape index (κ1) is 12.7. The van der Waals surface area contributed by atoms with Crippen LogP contribution in [0.3, 0.4) is 0 Å². The van der Waals surface area contributed by atoms with Gasteiger partial charge in [0.2, 0.25) is 0 Å². The first-order valence-electron chi connectivity index (χ1n) is 5.96. The summed E-state index contributed by atoms with van der Waals surface area (Å²) in [5.41, 5.74) is 6.29. The van der Waals surface area contributed by atoms with Crippen molar-refractivity contribution >= 4 is 23.0 Å². The highest BCUT2D eigenvalue weighted by Crippen LogP contribution is 2.37. The van der Waals surface area contributed by atoms with Crippen LogP contribution in [0.25, 0.3) is 11.2 Å². The summed E-state index contributed by atoms with van der Waals surface area (Å²) in [5, 5.41) is 9.01. The van der Waals surface area contributed by atoms with Gasteiger partial charge >= 0.3 is 5.97 Å². The number of aliphatic carboxylic acids is 1. The Balaban J connectivity index is 2.04. The Kier molecular flexibility index (Phi) is 2.78. The van der Waals surface area contributed by atoms with Crippen LogP contribution >= 0.6 is 0 Å². The molecule has 8 nitrogen and oxygen atoms in total. The van der Waals surface area contributed by atoms with Crippen molar-refractivity contribution in [2.45, 2.75) is 25.4 Å². The molecule has 0 radical (unpaired) electrons. The molecule has 2 aromatic rings. The Labute approximate surface area is 112 Å². The van der Waals surface area contributed by atoms with Crippen molar-refractivity contribution in [3.8, 4) is 0 Å². The van der Waals surface area contributed by atoms with Gasteiger partial charge in [-0.15, -0.1) is 0 Å². The van der Waals surface area contributed by atoms with Gasteiger partial charge in [-0.1, -0.05) is 6.92 Å². The van der Waals surface area contributed by atoms with Gasteiger partial charge in [0.25, 0.3) is 0 Å². The van der Waals surface area contributed by atoms with Gasteiger partial charge in [0.15, 0.2) is 30.0 Å². The Hall–Kier alpha value is -2.29. The number of nitrogens with two attached hydrogens (primary N) is 1. The van der Waals surface area contributed by atoms with E-state index in [0.29, 0.717) is 11.2 Å². The molecule has 4 atom stereocenters. The number of carboxylic acid groups (broad SMARTS) is 1. The molecule has 9 heteroatoms. The van der Waals surface area contributed by atoms with Crippen LogP contribution in [0.5, 0.6) is 0 Å². The van der Waals surface area contributed by atoms with Crippen LogP contribution in [0, 0.1) is 5.92 Å². The molecule has 20 heavy (non-hydrogen) atoms. The lowest BCUT2D eigenvalue weighted by molar-refractivity contribution is -0.153. The van der Waals surface area contributed by atoms with Crippen LogP contribution in [0.1, 0.15) is 13.2 Å². The molecule has 1 fully saturated rings. The van der Waals surface area contributed by atoms with E-state index in [-0.39, 0.29) is 5.82 Å². The van der Waals surface area contributed by atoms with E-state index in [0.717, 1.165) is 0 Å². The van der Waals surface area contributed by atoms with Crippen LogP contribution in [-0.2, 0) is 9.53 Å². The smallest absolute Gasteiger partial charge is 0.333 e. The molecule has 0 saturated carbocycles. The summed E-state index contributed by atoms with van der Waals surface area (Å²) in [6.07, 6.45) is -1.22. The van der Waals surface area contributed by atoms with Crippen molar-refractivity contribution in [1.82, 2.24) is 19.5 Å². The van der Waals surface area contributed by atoms with E-state index in [9.17, 15) is 9.18 Å². The summed E-state index contributed by atoms with van der Waals surface area (Å²) >= 11 is 0. The van der Waals surface area contributed by atoms with Gasteiger partial charge in [-0.05, 0) is 0 Å². The zero-order valence-corrected chi connectivity index (χ0v) is 10.5. The molecule has 0 aromatic carbocycles. The highest BCUT2D eigenvalue weighted by Gasteiger charge is 2.47. The van der Waals surface area contributed by atoms with Crippen molar-refractivity contribution in [2.75, 3.05) is 5.73 Å². The average Bonchev–Trinajstić information content (AvgIpc) is 2.94. The highest BCUT2D eigenvalue weighted by atomic mass is 19.1. The SMILES string of the molecule is C[C@H]1[C@H](F)[C@H](n2cnc3c(N)ncnc32)O[C@@H]1C(=O)O. The summed E-state index contributed by atoms with van der Waals surface area (Å²) in [7, 11) is 0. The molecule has 1 aliphatic heterocycles. The molecule has 3 heterocycles. The zero-order chi connectivity index (χ0) is 14.4. The lowest BCUT2D eigenvalue weighted by Gasteiger charge is -2.15. The number of hydrogen-bond donors (Lipinski definition) is 2. The van der Waals surface area contributed by atoms with E-state index >= 15 is 0 Å². The van der Waals surface area contributed by atoms with Crippen molar-refractivity contribution in [3.63, 3.8) is 0 Å². The number of fused-ring (bicyclic) bond motifs is 1. The molecule has 3 N–H and O–H groups in total. The first-order valence-corrected chi connectivity index (χ1v) is 5.96. The number of hydrogen-bond acceptors (Lipinski definition) is 6. The van der Waals surface area contributed by atoms with Gasteiger partial charge in [0, 0.05) is 5.92 Å². The minimum absolute atomic E-state index is 0.171. The lowest BCUT2D eigenvalue weighted by Crippen LogP contribution is -2.26. The number of carbonyl (C=O) groups is 1. The molecule has 0 unspecified atom stereocenters. The largest absolute Gasteiger partial charge is 0.479 e. The summed E-state index contributed by atoms with van der Waals surface area (Å²) in [6.45, 7) is 1.49. The molecule has 0 spiro atoms. The Morgan fingerprint density at radius 2 is 2.25 bits per heavy atom. The second kappa shape index (κ2) is 4.37. The fourth-order valence-corrected chi connectivity index (χ4v) is 2.33. The number of anilines is 1. The van der Waals surface area contributed by atoms with Crippen LogP contribution < -0.4 is 5.73 Å². The van der Waals surface area contributed by atoms with Crippen LogP contribution in [0.2, 0.25) is 0 Å². The number of halogens is 1. The molecule has 1 aliphatic rings. The standard InChI is InChI=1S/C11H12FN5O3/c1-4-5(12)10(20-7(4)11(18)19)17-3-16-6-8(13)14-2-15-9(6)17/h2-5,7,10H,1H3,(H,18,19)(H2,13,14,15)/t4-,5-,7-,10+/m0/s1. The third-order valence-corrected chi connectivity index (χ3v) is 3.44. The van der Waals surface area contributed by atoms with E-state index in [2.05, 4.69) is 15.0 Å². The highest BCUT2D eigenvalue weighted by molar-refractivity contribution is 5.81. The van der Waals surface area contributed by atoms with Crippen molar-refractivity contribution < 1.29 is 19.0 Å². The van der Waals surface area contributed by atoms with Gasteiger partial charge in [-0.2, -0.15) is 0 Å². The van der Waals surface area contributed by atoms with Crippen LogP contribution in [0.15, 0.2) is 12.7 Å². The average molecular weight is 281 g/mol. The maximum Gasteiger partial charge on any atom is 0.333 e. The molecule has 0 bridgehead atoms. The molecule has 0 amide bonds. The fraction of sp³-hybridized carbons (Fsp3) is 0.455. The number of imidazole rings is 1. The second-order valence-corrected chi connectivity index (χ2v) is 4.67. The fourth-order valence-electron chi connectivity index (χ4n) is 2.33. The second-order valence-electron chi connectivity index (χ2n) is 4.67. The molecule has 3 rings (SSSR count). The predicted molar refractivity (Wildman–Crippen MR) is 65.3 cm³/mol. The number of alkyl halides is 1. The predicted octanol–water partition coefficient (Wildman–Crippen LogP) is 0.365. The topological polar surface area (TPSA) is 116 Å². The molecule has 1 saturated heterocycles. The number of nitrogens with zero attached hydrogens (tertiary/aromatic N) is 4. The third-order valence-electron chi connectivity index (χ3n) is 3.44. The van der Waals surface area contributed by atoms with Gasteiger partial charge in [0.1, 0.15) is 11.8 Å². The van der Waals surface area contributed by atoms with Crippen LogP contribution in [0.4, 0.5) is 10.2 Å². The van der Waals surface area contributed by atoms with Gasteiger partial charge < -0.3 is 15.6 Å². The molecule has 0 aliphatic carbocycles. The van der Waals surface area contributed by atoms with Crippen LogP contribution in [-0.4, -0.2) is 42.9 Å². The van der Waals surface area contributed by atoms with Crippen molar-refractivity contribution in [3.05, 3.63) is 12.7 Å². The zero-order valence-electron chi connectivity index (χ0n) is 10.5. The summed E-state index contributed by atoms with van der Waals surface area (Å²) in [4.78, 5) is 22.8. The Bertz CT molecular complexity index is 675. The van der Waals surface area contributed by atoms with E-state index < -0.39 is 30.4 Å². The maximum atomic E-state index is 14.3. The normalized spacial score (nSPS) is 29.9. The molecule has 106 valence electrons. The monoisotopic (exact) mass is 281 g/mol. The number of aromatic nitrogens is 4. The summed E-state index contributed by atoms with van der Waals surface area (Å²) < 4.78 is 20.9. The minimum Gasteiger partial charge on any atom is -0.479 e. The maximum absolute atomic E-state index is 14.3. The Morgan fingerprint density at radius 1 is 1.50 bits per heavy atom. The lowest BCUT2D eigenvalue weighted by atomic mass is 10.0. The minimum atomic E-state index is -1.48. The van der Waals surface area contributed by atoms with E-state index in [4.69, 9.17) is 15.6 Å².